The van der Waals surface area contributed by atoms with Gasteiger partial charge in [-0.15, -0.1) is 0 Å². The molecular weight excluding hydrogens is 366 g/mol. The van der Waals surface area contributed by atoms with E-state index in [-0.39, 0.29) is 17.9 Å². The average molecular weight is 389 g/mol. The Labute approximate surface area is 169 Å². The standard InChI is InChI=1S/C23H23N3O3/c1-14-12-20(19-10-9-18(29-3)13-21(19)24-14)23(28)25-16-5-7-17(8-6-16)26-15(2)4-11-22(26)27/h5-10,12-13,15H,4,11H2,1-3H3,(H,25,28). The van der Waals surface area contributed by atoms with Gasteiger partial charge in [0.15, 0.2) is 0 Å². The van der Waals surface area contributed by atoms with Crippen molar-refractivity contribution in [2.75, 3.05) is 17.3 Å². The predicted molar refractivity (Wildman–Crippen MR) is 114 cm³/mol. The van der Waals surface area contributed by atoms with E-state index < -0.39 is 0 Å². The molecule has 0 aliphatic carbocycles. The van der Waals surface area contributed by atoms with E-state index in [2.05, 4.69) is 10.3 Å². The van der Waals surface area contributed by atoms with Gasteiger partial charge in [-0.05, 0) is 62.7 Å². The van der Waals surface area contributed by atoms with Crippen molar-refractivity contribution in [3.05, 3.63) is 59.8 Å². The molecule has 1 aromatic heterocycles. The topological polar surface area (TPSA) is 71.5 Å². The van der Waals surface area contributed by atoms with E-state index in [1.807, 2.05) is 61.2 Å². The summed E-state index contributed by atoms with van der Waals surface area (Å²) in [6.45, 7) is 3.91. The van der Waals surface area contributed by atoms with Gasteiger partial charge in [-0.1, -0.05) is 0 Å². The maximum atomic E-state index is 12.9. The molecule has 1 unspecified atom stereocenters. The van der Waals surface area contributed by atoms with Crippen molar-refractivity contribution in [1.82, 2.24) is 4.98 Å². The van der Waals surface area contributed by atoms with Crippen LogP contribution in [0, 0.1) is 6.92 Å². The van der Waals surface area contributed by atoms with E-state index in [0.717, 1.165) is 23.2 Å². The monoisotopic (exact) mass is 389 g/mol. The molecule has 1 fully saturated rings. The lowest BCUT2D eigenvalue weighted by molar-refractivity contribution is -0.117. The summed E-state index contributed by atoms with van der Waals surface area (Å²) in [4.78, 5) is 31.3. The third-order valence-corrected chi connectivity index (χ3v) is 5.28. The van der Waals surface area contributed by atoms with Crippen LogP contribution in [0.15, 0.2) is 48.5 Å². The van der Waals surface area contributed by atoms with Gasteiger partial charge in [0.05, 0.1) is 18.2 Å². The molecule has 1 saturated heterocycles. The number of fused-ring (bicyclic) bond motifs is 1. The minimum atomic E-state index is -0.205. The molecule has 1 aliphatic heterocycles. The van der Waals surface area contributed by atoms with E-state index in [0.29, 0.717) is 28.9 Å². The molecule has 2 aromatic carbocycles. The lowest BCUT2D eigenvalue weighted by Gasteiger charge is -2.22. The second kappa shape index (κ2) is 7.54. The highest BCUT2D eigenvalue weighted by Crippen LogP contribution is 2.28. The third kappa shape index (κ3) is 3.66. The number of methoxy groups -OCH3 is 1. The second-order valence-corrected chi connectivity index (χ2v) is 7.35. The van der Waals surface area contributed by atoms with Crippen molar-refractivity contribution < 1.29 is 14.3 Å². The molecule has 0 saturated carbocycles. The first-order chi connectivity index (χ1) is 14.0. The fourth-order valence-electron chi connectivity index (χ4n) is 3.79. The number of aromatic nitrogens is 1. The number of pyridine rings is 1. The van der Waals surface area contributed by atoms with Crippen LogP contribution in [0.5, 0.6) is 5.75 Å². The maximum absolute atomic E-state index is 12.9. The van der Waals surface area contributed by atoms with E-state index in [9.17, 15) is 9.59 Å². The number of amides is 2. The number of hydrogen-bond donors (Lipinski definition) is 1. The van der Waals surface area contributed by atoms with Crippen LogP contribution in [0.2, 0.25) is 0 Å². The van der Waals surface area contributed by atoms with Gasteiger partial charge in [0.25, 0.3) is 5.91 Å². The Morgan fingerprint density at radius 2 is 1.93 bits per heavy atom. The Balaban J connectivity index is 1.59. The smallest absolute Gasteiger partial charge is 0.256 e. The molecule has 3 aromatic rings. The molecule has 148 valence electrons. The molecule has 29 heavy (non-hydrogen) atoms. The van der Waals surface area contributed by atoms with Crippen LogP contribution in [0.4, 0.5) is 11.4 Å². The maximum Gasteiger partial charge on any atom is 0.256 e. The summed E-state index contributed by atoms with van der Waals surface area (Å²) in [7, 11) is 1.60. The molecule has 6 heteroatoms. The van der Waals surface area contributed by atoms with Gasteiger partial charge in [-0.2, -0.15) is 0 Å². The Kier molecular flexibility index (Phi) is 4.92. The lowest BCUT2D eigenvalue weighted by atomic mass is 10.1. The van der Waals surface area contributed by atoms with Crippen LogP contribution >= 0.6 is 0 Å². The van der Waals surface area contributed by atoms with Gasteiger partial charge in [-0.3, -0.25) is 14.6 Å². The summed E-state index contributed by atoms with van der Waals surface area (Å²) in [5.41, 5.74) is 3.56. The van der Waals surface area contributed by atoms with Crippen LogP contribution in [-0.2, 0) is 4.79 Å². The van der Waals surface area contributed by atoms with E-state index in [1.165, 1.54) is 0 Å². The number of nitrogens with zero attached hydrogens (tertiary/aromatic N) is 2. The molecule has 0 radical (unpaired) electrons. The second-order valence-electron chi connectivity index (χ2n) is 7.35. The largest absolute Gasteiger partial charge is 0.497 e. The van der Waals surface area contributed by atoms with Crippen LogP contribution < -0.4 is 15.0 Å². The molecule has 4 rings (SSSR count). The van der Waals surface area contributed by atoms with Crippen molar-refractivity contribution in [3.63, 3.8) is 0 Å². The highest BCUT2D eigenvalue weighted by atomic mass is 16.5. The molecule has 0 spiro atoms. The Hall–Kier alpha value is -3.41. The zero-order valence-electron chi connectivity index (χ0n) is 16.7. The Morgan fingerprint density at radius 1 is 1.17 bits per heavy atom. The number of rotatable bonds is 4. The number of anilines is 2. The number of carbonyl (C=O) groups is 2. The molecule has 1 aliphatic rings. The van der Waals surface area contributed by atoms with Crippen molar-refractivity contribution in [2.24, 2.45) is 0 Å². The van der Waals surface area contributed by atoms with Crippen LogP contribution in [0.3, 0.4) is 0 Å². The molecule has 0 bridgehead atoms. The summed E-state index contributed by atoms with van der Waals surface area (Å²) < 4.78 is 5.26. The molecule has 1 atom stereocenters. The molecular formula is C23H23N3O3. The van der Waals surface area contributed by atoms with Gasteiger partial charge in [0.2, 0.25) is 5.91 Å². The number of carbonyl (C=O) groups excluding carboxylic acids is 2. The number of hydrogen-bond acceptors (Lipinski definition) is 4. The fourth-order valence-corrected chi connectivity index (χ4v) is 3.79. The Bertz CT molecular complexity index is 1090. The average Bonchev–Trinajstić information content (AvgIpc) is 3.05. The number of aryl methyl sites for hydroxylation is 1. The van der Waals surface area contributed by atoms with E-state index >= 15 is 0 Å². The zero-order valence-corrected chi connectivity index (χ0v) is 16.7. The van der Waals surface area contributed by atoms with Gasteiger partial charge >= 0.3 is 0 Å². The van der Waals surface area contributed by atoms with Crippen LogP contribution in [0.25, 0.3) is 10.9 Å². The fraction of sp³-hybridized carbons (Fsp3) is 0.261. The molecule has 2 amide bonds. The number of ether oxygens (including phenoxy) is 1. The predicted octanol–water partition coefficient (Wildman–Crippen LogP) is 4.32. The summed E-state index contributed by atoms with van der Waals surface area (Å²) in [5, 5.41) is 3.71. The minimum absolute atomic E-state index is 0.142. The third-order valence-electron chi connectivity index (χ3n) is 5.28. The number of nitrogens with one attached hydrogen (secondary N) is 1. The minimum Gasteiger partial charge on any atom is -0.497 e. The highest BCUT2D eigenvalue weighted by molar-refractivity contribution is 6.12. The van der Waals surface area contributed by atoms with E-state index in [1.54, 1.807) is 13.2 Å². The zero-order chi connectivity index (χ0) is 20.5. The van der Waals surface area contributed by atoms with Gasteiger partial charge in [0.1, 0.15) is 5.75 Å². The van der Waals surface area contributed by atoms with Crippen molar-refractivity contribution >= 4 is 34.1 Å². The number of benzene rings is 2. The first-order valence-electron chi connectivity index (χ1n) is 9.65. The van der Waals surface area contributed by atoms with Crippen molar-refractivity contribution in [2.45, 2.75) is 32.7 Å². The van der Waals surface area contributed by atoms with Crippen molar-refractivity contribution in [3.8, 4) is 5.75 Å². The SMILES string of the molecule is COc1ccc2c(C(=O)Nc3ccc(N4C(=O)CCC4C)cc3)cc(C)nc2c1. The van der Waals surface area contributed by atoms with Gasteiger partial charge < -0.3 is 15.0 Å². The van der Waals surface area contributed by atoms with Crippen molar-refractivity contribution in [1.29, 1.82) is 0 Å². The molecule has 1 N–H and O–H groups in total. The van der Waals surface area contributed by atoms with E-state index in [4.69, 9.17) is 4.74 Å². The van der Waals surface area contributed by atoms with Crippen LogP contribution in [0.1, 0.15) is 35.8 Å². The highest BCUT2D eigenvalue weighted by Gasteiger charge is 2.28. The van der Waals surface area contributed by atoms with Gasteiger partial charge in [0, 0.05) is 41.0 Å². The summed E-state index contributed by atoms with van der Waals surface area (Å²) in [6, 6.07) is 14.9. The summed E-state index contributed by atoms with van der Waals surface area (Å²) in [6.07, 6.45) is 1.45. The first-order valence-corrected chi connectivity index (χ1v) is 9.65. The molecule has 2 heterocycles. The molecule has 6 nitrogen and oxygen atoms in total. The van der Waals surface area contributed by atoms with Gasteiger partial charge in [-0.25, -0.2) is 0 Å². The summed E-state index contributed by atoms with van der Waals surface area (Å²) >= 11 is 0. The quantitative estimate of drug-likeness (QED) is 0.721. The summed E-state index contributed by atoms with van der Waals surface area (Å²) in [5.74, 6) is 0.635. The Morgan fingerprint density at radius 3 is 2.59 bits per heavy atom. The normalized spacial score (nSPS) is 16.3. The first kappa shape index (κ1) is 18.9. The lowest BCUT2D eigenvalue weighted by Crippen LogP contribution is -2.30. The van der Waals surface area contributed by atoms with Crippen LogP contribution in [-0.4, -0.2) is 29.9 Å².